The van der Waals surface area contributed by atoms with Crippen molar-refractivity contribution >= 4 is 38.3 Å². The number of nitrogens with zero attached hydrogens (tertiary/aromatic N) is 1. The van der Waals surface area contributed by atoms with Crippen LogP contribution in [0.2, 0.25) is 0 Å². The molecule has 1 heterocycles. The minimum atomic E-state index is -0.901. The molecule has 152 valence electrons. The van der Waals surface area contributed by atoms with Gasteiger partial charge < -0.3 is 5.11 Å². The summed E-state index contributed by atoms with van der Waals surface area (Å²) in [6.07, 6.45) is 4.16. The molecule has 0 saturated carbocycles. The van der Waals surface area contributed by atoms with Crippen molar-refractivity contribution in [1.29, 1.82) is 0 Å². The SMILES string of the molecule is O=C(O)c1ccc(C[n+]2ccc(-c3ccc4ccc5cccc6ccc3c4c56)cc2)cc1. The summed E-state index contributed by atoms with van der Waals surface area (Å²) < 4.78 is 2.11. The number of hydrogen-bond acceptors (Lipinski definition) is 1. The van der Waals surface area contributed by atoms with Crippen molar-refractivity contribution in [2.24, 2.45) is 0 Å². The van der Waals surface area contributed by atoms with E-state index in [9.17, 15) is 4.79 Å². The molecule has 0 unspecified atom stereocenters. The van der Waals surface area contributed by atoms with E-state index >= 15 is 0 Å². The van der Waals surface area contributed by atoms with Gasteiger partial charge in [-0.1, -0.05) is 66.7 Å². The van der Waals surface area contributed by atoms with Crippen LogP contribution in [0.1, 0.15) is 15.9 Å². The van der Waals surface area contributed by atoms with Gasteiger partial charge in [0.25, 0.3) is 0 Å². The lowest BCUT2D eigenvalue weighted by Crippen LogP contribution is -2.33. The van der Waals surface area contributed by atoms with Gasteiger partial charge in [-0.2, -0.15) is 0 Å². The molecule has 6 aromatic rings. The summed E-state index contributed by atoms with van der Waals surface area (Å²) in [6.45, 7) is 0.693. The van der Waals surface area contributed by atoms with Gasteiger partial charge in [-0.25, -0.2) is 9.36 Å². The van der Waals surface area contributed by atoms with E-state index in [1.165, 1.54) is 43.4 Å². The third-order valence-electron chi connectivity index (χ3n) is 6.30. The Kier molecular flexibility index (Phi) is 4.15. The molecule has 0 aliphatic carbocycles. The Morgan fingerprint density at radius 2 is 1.31 bits per heavy atom. The molecule has 0 fully saturated rings. The second kappa shape index (κ2) is 7.17. The Morgan fingerprint density at radius 3 is 2.00 bits per heavy atom. The van der Waals surface area contributed by atoms with Crippen molar-refractivity contribution in [3.63, 3.8) is 0 Å². The third-order valence-corrected chi connectivity index (χ3v) is 6.30. The average Bonchev–Trinajstić information content (AvgIpc) is 2.83. The molecule has 0 amide bonds. The molecule has 32 heavy (non-hydrogen) atoms. The average molecular weight is 414 g/mol. The third kappa shape index (κ3) is 2.98. The lowest BCUT2D eigenvalue weighted by Gasteiger charge is -2.13. The number of rotatable bonds is 4. The van der Waals surface area contributed by atoms with Gasteiger partial charge >= 0.3 is 5.97 Å². The lowest BCUT2D eigenvalue weighted by molar-refractivity contribution is -0.688. The topological polar surface area (TPSA) is 41.2 Å². The van der Waals surface area contributed by atoms with Crippen molar-refractivity contribution in [2.75, 3.05) is 0 Å². The zero-order valence-electron chi connectivity index (χ0n) is 17.3. The van der Waals surface area contributed by atoms with Crippen molar-refractivity contribution in [3.8, 4) is 11.1 Å². The lowest BCUT2D eigenvalue weighted by atomic mass is 9.90. The maximum atomic E-state index is 11.0. The van der Waals surface area contributed by atoms with Gasteiger partial charge in [-0.3, -0.25) is 0 Å². The van der Waals surface area contributed by atoms with Crippen molar-refractivity contribution in [3.05, 3.63) is 115 Å². The highest BCUT2D eigenvalue weighted by atomic mass is 16.4. The van der Waals surface area contributed by atoms with Crippen LogP contribution < -0.4 is 4.57 Å². The van der Waals surface area contributed by atoms with E-state index in [1.54, 1.807) is 12.1 Å². The van der Waals surface area contributed by atoms with Crippen LogP contribution in [0.5, 0.6) is 0 Å². The molecule has 0 saturated heterocycles. The Labute approximate surface area is 185 Å². The second-order valence-electron chi connectivity index (χ2n) is 8.23. The highest BCUT2D eigenvalue weighted by molar-refractivity contribution is 6.25. The number of pyridine rings is 1. The molecule has 1 aromatic heterocycles. The number of carboxylic acids is 1. The molecular formula is C29H20NO2+. The van der Waals surface area contributed by atoms with E-state index in [0.29, 0.717) is 12.1 Å². The summed E-state index contributed by atoms with van der Waals surface area (Å²) in [6, 6.07) is 31.1. The van der Waals surface area contributed by atoms with Crippen LogP contribution in [-0.4, -0.2) is 11.1 Å². The predicted molar refractivity (Wildman–Crippen MR) is 128 cm³/mol. The van der Waals surface area contributed by atoms with Crippen LogP contribution in [0.25, 0.3) is 43.4 Å². The zero-order chi connectivity index (χ0) is 21.7. The highest BCUT2D eigenvalue weighted by Gasteiger charge is 2.13. The van der Waals surface area contributed by atoms with Gasteiger partial charge in [-0.05, 0) is 55.6 Å². The van der Waals surface area contributed by atoms with Crippen LogP contribution in [-0.2, 0) is 6.54 Å². The summed E-state index contributed by atoms with van der Waals surface area (Å²) >= 11 is 0. The molecule has 0 radical (unpaired) electrons. The van der Waals surface area contributed by atoms with Gasteiger partial charge in [0, 0.05) is 17.7 Å². The molecule has 0 atom stereocenters. The van der Waals surface area contributed by atoms with Gasteiger partial charge in [0.2, 0.25) is 0 Å². The van der Waals surface area contributed by atoms with Crippen LogP contribution in [0.3, 0.4) is 0 Å². The maximum absolute atomic E-state index is 11.0. The second-order valence-corrected chi connectivity index (χ2v) is 8.23. The van der Waals surface area contributed by atoms with E-state index in [0.717, 1.165) is 5.56 Å². The normalized spacial score (nSPS) is 11.5. The Bertz CT molecular complexity index is 1580. The molecule has 0 spiro atoms. The fraction of sp³-hybridized carbons (Fsp3) is 0.0345. The Hall–Kier alpha value is -4.24. The van der Waals surface area contributed by atoms with Gasteiger partial charge in [-0.15, -0.1) is 0 Å². The van der Waals surface area contributed by atoms with Crippen molar-refractivity contribution < 1.29 is 14.5 Å². The molecular weight excluding hydrogens is 394 g/mol. The van der Waals surface area contributed by atoms with Crippen LogP contribution >= 0.6 is 0 Å². The monoisotopic (exact) mass is 414 g/mol. The number of benzene rings is 5. The van der Waals surface area contributed by atoms with Crippen LogP contribution in [0.15, 0.2) is 103 Å². The number of aromatic carboxylic acids is 1. The molecule has 0 bridgehead atoms. The quantitative estimate of drug-likeness (QED) is 0.272. The number of carboxylic acid groups (broad SMARTS) is 1. The number of hydrogen-bond donors (Lipinski definition) is 1. The minimum Gasteiger partial charge on any atom is -0.478 e. The number of aromatic nitrogens is 1. The van der Waals surface area contributed by atoms with Crippen LogP contribution in [0, 0.1) is 0 Å². The smallest absolute Gasteiger partial charge is 0.335 e. The summed E-state index contributed by atoms with van der Waals surface area (Å²) in [5.41, 5.74) is 3.78. The van der Waals surface area contributed by atoms with Gasteiger partial charge in [0.15, 0.2) is 18.9 Å². The molecule has 6 rings (SSSR count). The highest BCUT2D eigenvalue weighted by Crippen LogP contribution is 2.38. The summed E-state index contributed by atoms with van der Waals surface area (Å²) in [5.74, 6) is -0.901. The largest absolute Gasteiger partial charge is 0.478 e. The summed E-state index contributed by atoms with van der Waals surface area (Å²) in [4.78, 5) is 11.0. The summed E-state index contributed by atoms with van der Waals surface area (Å²) in [7, 11) is 0. The first-order valence-corrected chi connectivity index (χ1v) is 10.7. The molecule has 5 aromatic carbocycles. The van der Waals surface area contributed by atoms with Crippen molar-refractivity contribution in [2.45, 2.75) is 6.54 Å². The maximum Gasteiger partial charge on any atom is 0.335 e. The summed E-state index contributed by atoms with van der Waals surface area (Å²) in [5, 5.41) is 16.8. The van der Waals surface area contributed by atoms with E-state index < -0.39 is 5.97 Å². The first-order valence-electron chi connectivity index (χ1n) is 10.7. The molecule has 1 N–H and O–H groups in total. The van der Waals surface area contributed by atoms with Gasteiger partial charge in [0.1, 0.15) is 0 Å². The van der Waals surface area contributed by atoms with Gasteiger partial charge in [0.05, 0.1) is 5.56 Å². The van der Waals surface area contributed by atoms with E-state index in [1.807, 2.05) is 12.1 Å². The fourth-order valence-electron chi connectivity index (χ4n) is 4.69. The predicted octanol–water partition coefficient (Wildman–Crippen LogP) is 6.29. The molecule has 3 heteroatoms. The Morgan fingerprint density at radius 1 is 0.688 bits per heavy atom. The first kappa shape index (κ1) is 18.5. The minimum absolute atomic E-state index is 0.308. The zero-order valence-corrected chi connectivity index (χ0v) is 17.3. The van der Waals surface area contributed by atoms with E-state index in [-0.39, 0.29) is 0 Å². The molecule has 0 aliphatic heterocycles. The van der Waals surface area contributed by atoms with E-state index in [2.05, 4.69) is 83.7 Å². The van der Waals surface area contributed by atoms with E-state index in [4.69, 9.17) is 5.11 Å². The molecule has 3 nitrogen and oxygen atoms in total. The number of carbonyl (C=O) groups is 1. The Balaban J connectivity index is 1.39. The van der Waals surface area contributed by atoms with Crippen molar-refractivity contribution in [1.82, 2.24) is 0 Å². The fourth-order valence-corrected chi connectivity index (χ4v) is 4.69. The van der Waals surface area contributed by atoms with Crippen LogP contribution in [0.4, 0.5) is 0 Å². The standard InChI is InChI=1S/C29H19NO2/c31-29(32)24-6-4-19(5-7-24)18-30-16-14-20(15-17-30)25-12-10-23-9-8-21-2-1-3-22-11-13-26(25)28(23)27(21)22/h1-17H,18H2/p+1. The molecule has 0 aliphatic rings. The first-order chi connectivity index (χ1) is 15.7.